The smallest absolute Gasteiger partial charge is 0.317 e. The quantitative estimate of drug-likeness (QED) is 0.878. The Bertz CT molecular complexity index is 404. The molecule has 0 saturated heterocycles. The molecule has 0 radical (unpaired) electrons. The second-order valence-corrected chi connectivity index (χ2v) is 5.45. The molecule has 3 nitrogen and oxygen atoms in total. The molecule has 0 bridgehead atoms. The Morgan fingerprint density at radius 1 is 1.41 bits per heavy atom. The molecule has 1 aliphatic rings. The molecular weight excluding hydrogens is 282 g/mol. The summed E-state index contributed by atoms with van der Waals surface area (Å²) < 4.78 is 1.05. The highest BCUT2D eigenvalue weighted by atomic mass is 79.9. The lowest BCUT2D eigenvalue weighted by atomic mass is 10.2. The summed E-state index contributed by atoms with van der Waals surface area (Å²) in [5.41, 5.74) is 1.15. The fourth-order valence-corrected chi connectivity index (χ4v) is 2.32. The number of halogens is 1. The maximum absolute atomic E-state index is 10.8. The molecule has 1 aromatic carbocycles. The molecule has 0 atom stereocenters. The second-order valence-electron chi connectivity index (χ2n) is 4.60. The topological polar surface area (TPSA) is 40.5 Å². The zero-order chi connectivity index (χ0) is 12.3. The Morgan fingerprint density at radius 2 is 2.12 bits per heavy atom. The molecule has 1 saturated carbocycles. The third kappa shape index (κ3) is 4.13. The SMILES string of the molecule is O=C(O)CN(Cc1ccccc1Br)CC1CC1. The van der Waals surface area contributed by atoms with Crippen LogP contribution in [-0.2, 0) is 11.3 Å². The normalized spacial score (nSPS) is 15.2. The van der Waals surface area contributed by atoms with Gasteiger partial charge < -0.3 is 5.11 Å². The van der Waals surface area contributed by atoms with E-state index in [1.54, 1.807) is 0 Å². The minimum Gasteiger partial charge on any atom is -0.480 e. The van der Waals surface area contributed by atoms with Crippen LogP contribution in [-0.4, -0.2) is 29.1 Å². The van der Waals surface area contributed by atoms with E-state index in [9.17, 15) is 4.79 Å². The van der Waals surface area contributed by atoms with Crippen LogP contribution in [0.5, 0.6) is 0 Å². The molecular formula is C13H16BrNO2. The second kappa shape index (κ2) is 5.65. The predicted molar refractivity (Wildman–Crippen MR) is 69.8 cm³/mol. The van der Waals surface area contributed by atoms with Crippen LogP contribution in [0.2, 0.25) is 0 Å². The van der Waals surface area contributed by atoms with Gasteiger partial charge in [-0.2, -0.15) is 0 Å². The van der Waals surface area contributed by atoms with Gasteiger partial charge in [0.1, 0.15) is 0 Å². The van der Waals surface area contributed by atoms with Crippen LogP contribution in [0, 0.1) is 5.92 Å². The van der Waals surface area contributed by atoms with E-state index in [-0.39, 0.29) is 6.54 Å². The maximum atomic E-state index is 10.8. The number of carboxylic acid groups (broad SMARTS) is 1. The van der Waals surface area contributed by atoms with Crippen molar-refractivity contribution in [3.8, 4) is 0 Å². The van der Waals surface area contributed by atoms with Crippen molar-refractivity contribution in [2.75, 3.05) is 13.1 Å². The van der Waals surface area contributed by atoms with Gasteiger partial charge in [-0.05, 0) is 30.4 Å². The molecule has 1 aliphatic carbocycles. The molecule has 1 N–H and O–H groups in total. The first-order chi connectivity index (χ1) is 8.15. The predicted octanol–water partition coefficient (Wildman–Crippen LogP) is 2.75. The number of carbonyl (C=O) groups is 1. The first-order valence-corrected chi connectivity index (χ1v) is 6.62. The van der Waals surface area contributed by atoms with E-state index in [2.05, 4.69) is 15.9 Å². The summed E-state index contributed by atoms with van der Waals surface area (Å²) in [6.07, 6.45) is 2.48. The molecule has 92 valence electrons. The Labute approximate surface area is 110 Å². The minimum atomic E-state index is -0.752. The van der Waals surface area contributed by atoms with Crippen molar-refractivity contribution in [2.45, 2.75) is 19.4 Å². The van der Waals surface area contributed by atoms with Gasteiger partial charge in [-0.3, -0.25) is 9.69 Å². The van der Waals surface area contributed by atoms with Gasteiger partial charge in [0.05, 0.1) is 6.54 Å². The van der Waals surface area contributed by atoms with Gasteiger partial charge in [0, 0.05) is 17.6 Å². The van der Waals surface area contributed by atoms with Crippen molar-refractivity contribution in [2.24, 2.45) is 5.92 Å². The number of hydrogen-bond acceptors (Lipinski definition) is 2. The molecule has 0 spiro atoms. The van der Waals surface area contributed by atoms with Gasteiger partial charge in [0.2, 0.25) is 0 Å². The molecule has 1 fully saturated rings. The maximum Gasteiger partial charge on any atom is 0.317 e. The molecule has 2 rings (SSSR count). The van der Waals surface area contributed by atoms with Crippen molar-refractivity contribution in [3.63, 3.8) is 0 Å². The summed E-state index contributed by atoms with van der Waals surface area (Å²) in [6, 6.07) is 7.98. The first kappa shape index (κ1) is 12.6. The van der Waals surface area contributed by atoms with Crippen LogP contribution in [0.4, 0.5) is 0 Å². The van der Waals surface area contributed by atoms with Gasteiger partial charge in [0.15, 0.2) is 0 Å². The average Bonchev–Trinajstić information content (AvgIpc) is 3.04. The highest BCUT2D eigenvalue weighted by Crippen LogP contribution is 2.30. The lowest BCUT2D eigenvalue weighted by Gasteiger charge is -2.20. The molecule has 0 heterocycles. The van der Waals surface area contributed by atoms with E-state index in [4.69, 9.17) is 5.11 Å². The molecule has 4 heteroatoms. The summed E-state index contributed by atoms with van der Waals surface area (Å²) in [6.45, 7) is 1.72. The highest BCUT2D eigenvalue weighted by Gasteiger charge is 2.25. The fraction of sp³-hybridized carbons (Fsp3) is 0.462. The van der Waals surface area contributed by atoms with Crippen molar-refractivity contribution >= 4 is 21.9 Å². The average molecular weight is 298 g/mol. The zero-order valence-corrected chi connectivity index (χ0v) is 11.2. The largest absolute Gasteiger partial charge is 0.480 e. The minimum absolute atomic E-state index is 0.123. The molecule has 0 aromatic heterocycles. The Morgan fingerprint density at radius 3 is 2.71 bits per heavy atom. The van der Waals surface area contributed by atoms with Crippen LogP contribution in [0.25, 0.3) is 0 Å². The summed E-state index contributed by atoms with van der Waals surface area (Å²) in [4.78, 5) is 12.8. The number of rotatable bonds is 6. The van der Waals surface area contributed by atoms with Crippen molar-refractivity contribution in [3.05, 3.63) is 34.3 Å². The third-order valence-corrected chi connectivity index (χ3v) is 3.70. The Hall–Kier alpha value is -0.870. The van der Waals surface area contributed by atoms with E-state index in [0.29, 0.717) is 12.5 Å². The van der Waals surface area contributed by atoms with Crippen molar-refractivity contribution in [1.82, 2.24) is 4.90 Å². The fourth-order valence-electron chi connectivity index (χ4n) is 1.91. The monoisotopic (exact) mass is 297 g/mol. The Kier molecular flexibility index (Phi) is 4.18. The lowest BCUT2D eigenvalue weighted by molar-refractivity contribution is -0.138. The summed E-state index contributed by atoms with van der Waals surface area (Å²) in [7, 11) is 0. The molecule has 0 unspecified atom stereocenters. The van der Waals surface area contributed by atoms with Gasteiger partial charge >= 0.3 is 5.97 Å². The summed E-state index contributed by atoms with van der Waals surface area (Å²) >= 11 is 3.50. The van der Waals surface area contributed by atoms with E-state index < -0.39 is 5.97 Å². The van der Waals surface area contributed by atoms with Gasteiger partial charge in [-0.25, -0.2) is 0 Å². The molecule has 17 heavy (non-hydrogen) atoms. The van der Waals surface area contributed by atoms with Gasteiger partial charge in [0.25, 0.3) is 0 Å². The van der Waals surface area contributed by atoms with Crippen molar-refractivity contribution < 1.29 is 9.90 Å². The highest BCUT2D eigenvalue weighted by molar-refractivity contribution is 9.10. The van der Waals surface area contributed by atoms with Crippen LogP contribution >= 0.6 is 15.9 Å². The number of benzene rings is 1. The lowest BCUT2D eigenvalue weighted by Crippen LogP contribution is -2.31. The standard InChI is InChI=1S/C13H16BrNO2/c14-12-4-2-1-3-11(12)8-15(9-13(16)17)7-10-5-6-10/h1-4,10H,5-9H2,(H,16,17). The van der Waals surface area contributed by atoms with Crippen molar-refractivity contribution in [1.29, 1.82) is 0 Å². The molecule has 0 aliphatic heterocycles. The van der Waals surface area contributed by atoms with E-state index >= 15 is 0 Å². The van der Waals surface area contributed by atoms with E-state index in [0.717, 1.165) is 16.6 Å². The number of aliphatic carboxylic acids is 1. The summed E-state index contributed by atoms with van der Waals surface area (Å²) in [5, 5.41) is 8.91. The third-order valence-electron chi connectivity index (χ3n) is 2.92. The zero-order valence-electron chi connectivity index (χ0n) is 9.60. The molecule has 0 amide bonds. The van der Waals surface area contributed by atoms with Gasteiger partial charge in [-0.15, -0.1) is 0 Å². The van der Waals surface area contributed by atoms with Crippen LogP contribution < -0.4 is 0 Å². The number of nitrogens with zero attached hydrogens (tertiary/aromatic N) is 1. The van der Waals surface area contributed by atoms with E-state index in [1.165, 1.54) is 12.8 Å². The van der Waals surface area contributed by atoms with Gasteiger partial charge in [-0.1, -0.05) is 34.1 Å². The number of hydrogen-bond donors (Lipinski definition) is 1. The number of carboxylic acids is 1. The molecule has 1 aromatic rings. The van der Waals surface area contributed by atoms with E-state index in [1.807, 2.05) is 29.2 Å². The van der Waals surface area contributed by atoms with Crippen LogP contribution in [0.3, 0.4) is 0 Å². The summed E-state index contributed by atoms with van der Waals surface area (Å²) in [5.74, 6) is -0.0467. The Balaban J connectivity index is 2.00. The van der Waals surface area contributed by atoms with Crippen LogP contribution in [0.1, 0.15) is 18.4 Å². The first-order valence-electron chi connectivity index (χ1n) is 5.82. The van der Waals surface area contributed by atoms with Crippen LogP contribution in [0.15, 0.2) is 28.7 Å².